The van der Waals surface area contributed by atoms with Gasteiger partial charge in [0.2, 0.25) is 0 Å². The highest BCUT2D eigenvalue weighted by Crippen LogP contribution is 2.29. The second-order valence-corrected chi connectivity index (χ2v) is 4.07. The molecule has 1 aliphatic rings. The van der Waals surface area contributed by atoms with Gasteiger partial charge < -0.3 is 0 Å². The molecule has 0 spiro atoms. The first-order valence-corrected chi connectivity index (χ1v) is 5.64. The van der Waals surface area contributed by atoms with Crippen LogP contribution in [0.25, 0.3) is 17.2 Å². The van der Waals surface area contributed by atoms with E-state index in [1.807, 2.05) is 18.5 Å². The smallest absolute Gasteiger partial charge is 0.0352 e. The normalized spacial score (nSPS) is 13.5. The molecule has 1 aromatic heterocycles. The largest absolute Gasteiger partial charge is 0.264 e. The molecular weight excluding hydrogens is 194 g/mol. The standard InChI is InChI=1S/C15H13N/c1-2-6-12(7-3-1)15-11-16-10-13-8-4-5-9-14(13)15/h1-3,5-7,9-11H,4,8H2. The molecule has 0 saturated carbocycles. The molecular formula is C15H13N. The Hall–Kier alpha value is -1.89. The van der Waals surface area contributed by atoms with Crippen molar-refractivity contribution in [3.8, 4) is 11.1 Å². The molecule has 0 bridgehead atoms. The van der Waals surface area contributed by atoms with Crippen LogP contribution >= 0.6 is 0 Å². The van der Waals surface area contributed by atoms with Crippen molar-refractivity contribution in [1.82, 2.24) is 4.98 Å². The van der Waals surface area contributed by atoms with Gasteiger partial charge >= 0.3 is 0 Å². The minimum atomic E-state index is 1.11. The summed E-state index contributed by atoms with van der Waals surface area (Å²) >= 11 is 0. The molecule has 0 radical (unpaired) electrons. The van der Waals surface area contributed by atoms with Gasteiger partial charge in [-0.15, -0.1) is 0 Å². The Labute approximate surface area is 95.5 Å². The second kappa shape index (κ2) is 3.93. The monoisotopic (exact) mass is 207 g/mol. The minimum Gasteiger partial charge on any atom is -0.264 e. The number of aryl methyl sites for hydroxylation is 1. The van der Waals surface area contributed by atoms with Crippen molar-refractivity contribution < 1.29 is 0 Å². The average Bonchev–Trinajstić information content (AvgIpc) is 2.39. The summed E-state index contributed by atoms with van der Waals surface area (Å²) < 4.78 is 0. The van der Waals surface area contributed by atoms with E-state index < -0.39 is 0 Å². The van der Waals surface area contributed by atoms with Crippen LogP contribution in [0.1, 0.15) is 17.5 Å². The Morgan fingerprint density at radius 3 is 2.75 bits per heavy atom. The highest BCUT2D eigenvalue weighted by atomic mass is 14.6. The van der Waals surface area contributed by atoms with E-state index in [1.165, 1.54) is 22.3 Å². The third kappa shape index (κ3) is 1.54. The summed E-state index contributed by atoms with van der Waals surface area (Å²) in [4.78, 5) is 4.34. The molecule has 1 nitrogen and oxygen atoms in total. The van der Waals surface area contributed by atoms with Crippen molar-refractivity contribution >= 4 is 6.08 Å². The van der Waals surface area contributed by atoms with Gasteiger partial charge in [0, 0.05) is 18.0 Å². The van der Waals surface area contributed by atoms with E-state index in [4.69, 9.17) is 0 Å². The molecule has 2 aromatic rings. The van der Waals surface area contributed by atoms with E-state index >= 15 is 0 Å². The van der Waals surface area contributed by atoms with Gasteiger partial charge in [0.05, 0.1) is 0 Å². The first-order chi connectivity index (χ1) is 7.95. The Kier molecular flexibility index (Phi) is 2.30. The average molecular weight is 207 g/mol. The van der Waals surface area contributed by atoms with E-state index in [9.17, 15) is 0 Å². The van der Waals surface area contributed by atoms with Gasteiger partial charge in [-0.2, -0.15) is 0 Å². The molecule has 0 N–H and O–H groups in total. The van der Waals surface area contributed by atoms with E-state index in [0.29, 0.717) is 0 Å². The van der Waals surface area contributed by atoms with Crippen LogP contribution < -0.4 is 0 Å². The maximum absolute atomic E-state index is 4.34. The van der Waals surface area contributed by atoms with Crippen LogP contribution in [0.15, 0.2) is 48.8 Å². The molecule has 0 saturated heterocycles. The zero-order chi connectivity index (χ0) is 10.8. The van der Waals surface area contributed by atoms with Gasteiger partial charge in [-0.25, -0.2) is 0 Å². The van der Waals surface area contributed by atoms with E-state index in [-0.39, 0.29) is 0 Å². The summed E-state index contributed by atoms with van der Waals surface area (Å²) in [7, 11) is 0. The van der Waals surface area contributed by atoms with Crippen LogP contribution in [0.2, 0.25) is 0 Å². The predicted molar refractivity (Wildman–Crippen MR) is 67.0 cm³/mol. The van der Waals surface area contributed by atoms with Crippen molar-refractivity contribution in [2.75, 3.05) is 0 Å². The number of fused-ring (bicyclic) bond motifs is 1. The number of benzene rings is 1. The maximum atomic E-state index is 4.34. The molecule has 78 valence electrons. The molecule has 0 unspecified atom stereocenters. The summed E-state index contributed by atoms with van der Waals surface area (Å²) in [6.07, 6.45) is 10.7. The van der Waals surface area contributed by atoms with Crippen LogP contribution in [0.3, 0.4) is 0 Å². The summed E-state index contributed by atoms with van der Waals surface area (Å²) in [5, 5.41) is 0. The molecule has 16 heavy (non-hydrogen) atoms. The zero-order valence-electron chi connectivity index (χ0n) is 9.06. The SMILES string of the molecule is C1=Cc2c(cncc2-c2ccccc2)CC1. The lowest BCUT2D eigenvalue weighted by Gasteiger charge is -2.14. The molecule has 1 heteroatoms. The van der Waals surface area contributed by atoms with Gasteiger partial charge in [0.15, 0.2) is 0 Å². The second-order valence-electron chi connectivity index (χ2n) is 4.07. The molecule has 0 fully saturated rings. The molecule has 1 heterocycles. The lowest BCUT2D eigenvalue weighted by atomic mass is 9.92. The Bertz CT molecular complexity index is 526. The molecule has 3 rings (SSSR count). The van der Waals surface area contributed by atoms with Crippen molar-refractivity contribution in [3.63, 3.8) is 0 Å². The number of hydrogen-bond acceptors (Lipinski definition) is 1. The summed E-state index contributed by atoms with van der Waals surface area (Å²) in [6, 6.07) is 10.5. The molecule has 0 atom stereocenters. The molecule has 1 aliphatic carbocycles. The van der Waals surface area contributed by atoms with E-state index in [2.05, 4.69) is 41.4 Å². The van der Waals surface area contributed by atoms with Gasteiger partial charge in [-0.1, -0.05) is 42.5 Å². The van der Waals surface area contributed by atoms with Gasteiger partial charge in [0.25, 0.3) is 0 Å². The minimum absolute atomic E-state index is 1.11. The van der Waals surface area contributed by atoms with E-state index in [0.717, 1.165) is 12.8 Å². The summed E-state index contributed by atoms with van der Waals surface area (Å²) in [5.74, 6) is 0. The van der Waals surface area contributed by atoms with Crippen LogP contribution in [-0.4, -0.2) is 4.98 Å². The summed E-state index contributed by atoms with van der Waals surface area (Å²) in [6.45, 7) is 0. The van der Waals surface area contributed by atoms with Crippen LogP contribution in [0.4, 0.5) is 0 Å². The van der Waals surface area contributed by atoms with Gasteiger partial charge in [0.1, 0.15) is 0 Å². The highest BCUT2D eigenvalue weighted by molar-refractivity contribution is 5.76. The first-order valence-electron chi connectivity index (χ1n) is 5.64. The molecule has 1 aromatic carbocycles. The fourth-order valence-electron chi connectivity index (χ4n) is 2.20. The van der Waals surface area contributed by atoms with Crippen LogP contribution in [-0.2, 0) is 6.42 Å². The number of pyridine rings is 1. The van der Waals surface area contributed by atoms with Gasteiger partial charge in [-0.05, 0) is 29.5 Å². The summed E-state index contributed by atoms with van der Waals surface area (Å²) in [5.41, 5.74) is 5.20. The zero-order valence-corrected chi connectivity index (χ0v) is 9.06. The van der Waals surface area contributed by atoms with Crippen molar-refractivity contribution in [1.29, 1.82) is 0 Å². The lowest BCUT2D eigenvalue weighted by Crippen LogP contribution is -1.97. The van der Waals surface area contributed by atoms with Crippen LogP contribution in [0.5, 0.6) is 0 Å². The van der Waals surface area contributed by atoms with E-state index in [1.54, 1.807) is 0 Å². The highest BCUT2D eigenvalue weighted by Gasteiger charge is 2.10. The third-order valence-corrected chi connectivity index (χ3v) is 3.02. The Morgan fingerprint density at radius 2 is 1.88 bits per heavy atom. The predicted octanol–water partition coefficient (Wildman–Crippen LogP) is 3.71. The fraction of sp³-hybridized carbons (Fsp3) is 0.133. The first kappa shape index (κ1) is 9.34. The lowest BCUT2D eigenvalue weighted by molar-refractivity contribution is 0.972. The van der Waals surface area contributed by atoms with Crippen molar-refractivity contribution in [2.45, 2.75) is 12.8 Å². The molecule has 0 amide bonds. The quantitative estimate of drug-likeness (QED) is 0.694. The number of rotatable bonds is 1. The Morgan fingerprint density at radius 1 is 1.00 bits per heavy atom. The Balaban J connectivity index is 2.20. The maximum Gasteiger partial charge on any atom is 0.0352 e. The number of aromatic nitrogens is 1. The number of hydrogen-bond donors (Lipinski definition) is 0. The third-order valence-electron chi connectivity index (χ3n) is 3.02. The van der Waals surface area contributed by atoms with Crippen molar-refractivity contribution in [2.24, 2.45) is 0 Å². The number of allylic oxidation sites excluding steroid dienone is 1. The van der Waals surface area contributed by atoms with Crippen molar-refractivity contribution in [3.05, 3.63) is 59.9 Å². The fourth-order valence-corrected chi connectivity index (χ4v) is 2.20. The topological polar surface area (TPSA) is 12.9 Å². The van der Waals surface area contributed by atoms with Crippen LogP contribution in [0, 0.1) is 0 Å². The number of nitrogens with zero attached hydrogens (tertiary/aromatic N) is 1. The van der Waals surface area contributed by atoms with Gasteiger partial charge in [-0.3, -0.25) is 4.98 Å². The molecule has 0 aliphatic heterocycles.